The Hall–Kier alpha value is -4.18. The van der Waals surface area contributed by atoms with E-state index in [1.165, 1.54) is 0 Å². The Morgan fingerprint density at radius 1 is 0.875 bits per heavy atom. The third-order valence-corrected chi connectivity index (χ3v) is 5.36. The van der Waals surface area contributed by atoms with Crippen molar-refractivity contribution in [1.29, 1.82) is 0 Å². The van der Waals surface area contributed by atoms with E-state index in [1.807, 2.05) is 56.3 Å². The van der Waals surface area contributed by atoms with Gasteiger partial charge in [0.1, 0.15) is 11.0 Å². The molecule has 0 saturated carbocycles. The molecule has 0 radical (unpaired) electrons. The van der Waals surface area contributed by atoms with Crippen LogP contribution in [-0.2, 0) is 0 Å². The van der Waals surface area contributed by atoms with Crippen LogP contribution in [0.1, 0.15) is 21.7 Å². The Kier molecular flexibility index (Phi) is 5.04. The van der Waals surface area contributed by atoms with E-state index < -0.39 is 0 Å². The van der Waals surface area contributed by atoms with Crippen molar-refractivity contribution in [2.45, 2.75) is 13.8 Å². The maximum absolute atomic E-state index is 12.5. The van der Waals surface area contributed by atoms with Gasteiger partial charge in [-0.25, -0.2) is 4.68 Å². The molecule has 0 spiro atoms. The van der Waals surface area contributed by atoms with Gasteiger partial charge in [-0.05, 0) is 74.5 Å². The number of rotatable bonds is 5. The molecule has 5 aromatic rings. The Morgan fingerprint density at radius 3 is 2.38 bits per heavy atom. The number of anilines is 3. The highest BCUT2D eigenvalue weighted by Gasteiger charge is 2.09. The summed E-state index contributed by atoms with van der Waals surface area (Å²) in [6, 6.07) is 18.3. The first-order valence-corrected chi connectivity index (χ1v) is 10.6. The van der Waals surface area contributed by atoms with Crippen molar-refractivity contribution in [3.8, 4) is 5.82 Å². The van der Waals surface area contributed by atoms with Crippen LogP contribution >= 0.6 is 11.7 Å². The zero-order chi connectivity index (χ0) is 22.1. The number of hydrogen-bond donors (Lipinski definition) is 2. The summed E-state index contributed by atoms with van der Waals surface area (Å²) in [6.07, 6.45) is 0. The summed E-state index contributed by atoms with van der Waals surface area (Å²) in [7, 11) is 0. The van der Waals surface area contributed by atoms with Gasteiger partial charge in [0.05, 0.1) is 17.4 Å². The number of carbonyl (C=O) groups is 1. The molecule has 32 heavy (non-hydrogen) atoms. The predicted octanol–water partition coefficient (Wildman–Crippen LogP) is 4.28. The summed E-state index contributed by atoms with van der Waals surface area (Å²) in [6.45, 7) is 3.92. The summed E-state index contributed by atoms with van der Waals surface area (Å²) in [4.78, 5) is 12.5. The SMILES string of the molecule is Cc1cc(C)n(-c2ccc(Nc3ccc(NC(=O)c4ccc5nsnc5c4)cc3)nn2)n1. The molecule has 2 N–H and O–H groups in total. The molecule has 2 aromatic carbocycles. The lowest BCUT2D eigenvalue weighted by Crippen LogP contribution is -2.11. The molecule has 0 bridgehead atoms. The van der Waals surface area contributed by atoms with E-state index in [0.717, 1.165) is 34.3 Å². The number of hydrogen-bond acceptors (Lipinski definition) is 8. The molecule has 0 aliphatic carbocycles. The van der Waals surface area contributed by atoms with Crippen LogP contribution in [0.2, 0.25) is 0 Å². The Morgan fingerprint density at radius 2 is 1.66 bits per heavy atom. The molecule has 0 atom stereocenters. The first kappa shape index (κ1) is 19.8. The summed E-state index contributed by atoms with van der Waals surface area (Å²) >= 11 is 1.13. The fraction of sp³-hybridized carbons (Fsp3) is 0.0909. The first-order chi connectivity index (χ1) is 15.5. The number of aromatic nitrogens is 6. The Balaban J connectivity index is 1.24. The van der Waals surface area contributed by atoms with E-state index in [2.05, 4.69) is 34.7 Å². The van der Waals surface area contributed by atoms with Crippen molar-refractivity contribution in [3.63, 3.8) is 0 Å². The molecule has 3 aromatic heterocycles. The van der Waals surface area contributed by atoms with Crippen molar-refractivity contribution < 1.29 is 4.79 Å². The summed E-state index contributed by atoms with van der Waals surface area (Å²) in [5.74, 6) is 1.06. The predicted molar refractivity (Wildman–Crippen MR) is 124 cm³/mol. The average molecular weight is 443 g/mol. The highest BCUT2D eigenvalue weighted by molar-refractivity contribution is 7.00. The standard InChI is InChI=1S/C22H18N8OS/c1-13-11-14(2)30(27-13)21-10-9-20(25-26-21)23-16-4-6-17(7-5-16)24-22(31)15-3-8-18-19(12-15)29-32-28-18/h3-12H,1-2H3,(H,23,25)(H,24,31). The molecule has 0 aliphatic rings. The largest absolute Gasteiger partial charge is 0.339 e. The lowest BCUT2D eigenvalue weighted by atomic mass is 10.2. The smallest absolute Gasteiger partial charge is 0.255 e. The average Bonchev–Trinajstić information content (AvgIpc) is 3.40. The normalized spacial score (nSPS) is 10.9. The third-order valence-electron chi connectivity index (χ3n) is 4.81. The van der Waals surface area contributed by atoms with Crippen LogP contribution < -0.4 is 10.6 Å². The number of aryl methyl sites for hydroxylation is 2. The van der Waals surface area contributed by atoms with Gasteiger partial charge in [0.15, 0.2) is 11.6 Å². The van der Waals surface area contributed by atoms with E-state index >= 15 is 0 Å². The maximum atomic E-state index is 12.5. The zero-order valence-electron chi connectivity index (χ0n) is 17.3. The Labute approximate surface area is 187 Å². The van der Waals surface area contributed by atoms with Crippen molar-refractivity contribution in [3.05, 3.63) is 77.6 Å². The number of nitrogens with zero attached hydrogens (tertiary/aromatic N) is 6. The molecule has 5 rings (SSSR count). The van der Waals surface area contributed by atoms with Gasteiger partial charge in [0, 0.05) is 22.6 Å². The lowest BCUT2D eigenvalue weighted by Gasteiger charge is -2.09. The van der Waals surface area contributed by atoms with Gasteiger partial charge in [-0.3, -0.25) is 4.79 Å². The quantitative estimate of drug-likeness (QED) is 0.418. The molecule has 158 valence electrons. The second-order valence-corrected chi connectivity index (χ2v) is 7.77. The van der Waals surface area contributed by atoms with E-state index in [9.17, 15) is 4.79 Å². The van der Waals surface area contributed by atoms with Crippen molar-refractivity contribution in [2.75, 3.05) is 10.6 Å². The number of amides is 1. The fourth-order valence-electron chi connectivity index (χ4n) is 3.28. The van der Waals surface area contributed by atoms with Gasteiger partial charge >= 0.3 is 0 Å². The zero-order valence-corrected chi connectivity index (χ0v) is 18.1. The number of carbonyl (C=O) groups excluding carboxylic acids is 1. The van der Waals surface area contributed by atoms with Gasteiger partial charge in [-0.1, -0.05) is 0 Å². The summed E-state index contributed by atoms with van der Waals surface area (Å²) in [5.41, 5.74) is 5.47. The highest BCUT2D eigenvalue weighted by atomic mass is 32.1. The lowest BCUT2D eigenvalue weighted by molar-refractivity contribution is 0.102. The van der Waals surface area contributed by atoms with Crippen LogP contribution in [0.5, 0.6) is 0 Å². The van der Waals surface area contributed by atoms with Crippen molar-refractivity contribution >= 4 is 45.9 Å². The van der Waals surface area contributed by atoms with Gasteiger partial charge in [0.2, 0.25) is 0 Å². The fourth-order valence-corrected chi connectivity index (χ4v) is 3.79. The Bertz CT molecular complexity index is 1410. The van der Waals surface area contributed by atoms with E-state index in [0.29, 0.717) is 28.4 Å². The van der Waals surface area contributed by atoms with Crippen molar-refractivity contribution in [1.82, 2.24) is 28.7 Å². The minimum atomic E-state index is -0.203. The van der Waals surface area contributed by atoms with Gasteiger partial charge in [-0.2, -0.15) is 13.8 Å². The van der Waals surface area contributed by atoms with E-state index in [1.54, 1.807) is 22.9 Å². The van der Waals surface area contributed by atoms with Crippen LogP contribution in [-0.4, -0.2) is 34.6 Å². The van der Waals surface area contributed by atoms with Gasteiger partial charge in [-0.15, -0.1) is 10.2 Å². The molecule has 3 heterocycles. The molecule has 0 aliphatic heterocycles. The van der Waals surface area contributed by atoms with Crippen LogP contribution in [0.3, 0.4) is 0 Å². The molecule has 1 amide bonds. The van der Waals surface area contributed by atoms with Crippen LogP contribution in [0.4, 0.5) is 17.2 Å². The van der Waals surface area contributed by atoms with Crippen LogP contribution in [0.25, 0.3) is 16.9 Å². The van der Waals surface area contributed by atoms with Crippen LogP contribution in [0.15, 0.2) is 60.7 Å². The van der Waals surface area contributed by atoms with E-state index in [4.69, 9.17) is 0 Å². The van der Waals surface area contributed by atoms with Crippen LogP contribution in [0, 0.1) is 13.8 Å². The molecular formula is C22H18N8OS. The monoisotopic (exact) mass is 442 g/mol. The second-order valence-electron chi connectivity index (χ2n) is 7.24. The minimum absolute atomic E-state index is 0.203. The molecule has 0 unspecified atom stereocenters. The minimum Gasteiger partial charge on any atom is -0.339 e. The number of benzene rings is 2. The molecular weight excluding hydrogens is 424 g/mol. The number of fused-ring (bicyclic) bond motifs is 1. The summed E-state index contributed by atoms with van der Waals surface area (Å²) in [5, 5.41) is 19.0. The van der Waals surface area contributed by atoms with Gasteiger partial charge in [0.25, 0.3) is 5.91 Å². The topological polar surface area (TPSA) is 111 Å². The second kappa shape index (κ2) is 8.16. The number of nitrogens with one attached hydrogen (secondary N) is 2. The molecule has 0 fully saturated rings. The maximum Gasteiger partial charge on any atom is 0.255 e. The van der Waals surface area contributed by atoms with Crippen molar-refractivity contribution in [2.24, 2.45) is 0 Å². The van der Waals surface area contributed by atoms with Gasteiger partial charge < -0.3 is 10.6 Å². The third kappa shape index (κ3) is 4.03. The molecule has 10 heteroatoms. The first-order valence-electron chi connectivity index (χ1n) is 9.83. The summed E-state index contributed by atoms with van der Waals surface area (Å²) < 4.78 is 10.1. The highest BCUT2D eigenvalue weighted by Crippen LogP contribution is 2.20. The van der Waals surface area contributed by atoms with E-state index in [-0.39, 0.29) is 5.91 Å². The molecule has 0 saturated heterocycles. The molecule has 9 nitrogen and oxygen atoms in total.